The predicted octanol–water partition coefficient (Wildman–Crippen LogP) is 2.74. The molecular formula is C21H19N5O4S2. The van der Waals surface area contributed by atoms with E-state index in [1.165, 1.54) is 48.4 Å². The Morgan fingerprint density at radius 1 is 1.03 bits per heavy atom. The number of nitrogens with one attached hydrogen (secondary N) is 2. The highest BCUT2D eigenvalue weighted by Gasteiger charge is 2.24. The van der Waals surface area contributed by atoms with Gasteiger partial charge in [0.2, 0.25) is 17.8 Å². The molecule has 11 heteroatoms. The van der Waals surface area contributed by atoms with Crippen molar-refractivity contribution in [2.75, 3.05) is 27.2 Å². The number of para-hydroxylation sites is 1. The number of hydrogen-bond donors (Lipinski definition) is 2. The van der Waals surface area contributed by atoms with Crippen LogP contribution in [-0.4, -0.2) is 42.5 Å². The van der Waals surface area contributed by atoms with Crippen LogP contribution >= 0.6 is 11.8 Å². The molecule has 3 aromatic rings. The molecule has 1 aliphatic rings. The second kappa shape index (κ2) is 9.37. The molecule has 0 bridgehead atoms. The highest BCUT2D eigenvalue weighted by molar-refractivity contribution is 8.00. The molecule has 0 atom stereocenters. The topological polar surface area (TPSA) is 121 Å². The predicted molar refractivity (Wildman–Crippen MR) is 122 cm³/mol. The number of amides is 2. The van der Waals surface area contributed by atoms with Crippen molar-refractivity contribution in [2.45, 2.75) is 16.2 Å². The quantitative estimate of drug-likeness (QED) is 0.546. The van der Waals surface area contributed by atoms with E-state index in [2.05, 4.69) is 20.0 Å². The SMILES string of the molecule is O=C(CCN1C(=O)CSc2ccccc21)Nc1ccc(S(=O)(=O)Nc2ncccn2)cc1. The summed E-state index contributed by atoms with van der Waals surface area (Å²) in [6, 6.07) is 14.9. The molecule has 32 heavy (non-hydrogen) atoms. The third kappa shape index (κ3) is 5.06. The van der Waals surface area contributed by atoms with Crippen LogP contribution in [0.1, 0.15) is 6.42 Å². The lowest BCUT2D eigenvalue weighted by Crippen LogP contribution is -2.37. The van der Waals surface area contributed by atoms with Gasteiger partial charge < -0.3 is 10.2 Å². The minimum absolute atomic E-state index is 0.0102. The molecule has 0 saturated heterocycles. The second-order valence-corrected chi connectivity index (χ2v) is 9.50. The first-order chi connectivity index (χ1) is 15.4. The Morgan fingerprint density at radius 3 is 2.50 bits per heavy atom. The Balaban J connectivity index is 1.36. The van der Waals surface area contributed by atoms with Crippen LogP contribution in [0, 0.1) is 0 Å². The normalized spacial score (nSPS) is 13.4. The van der Waals surface area contributed by atoms with Crippen LogP contribution in [0.5, 0.6) is 0 Å². The number of sulfonamides is 1. The van der Waals surface area contributed by atoms with E-state index in [0.717, 1.165) is 10.6 Å². The summed E-state index contributed by atoms with van der Waals surface area (Å²) in [5.41, 5.74) is 1.26. The first-order valence-corrected chi connectivity index (χ1v) is 12.1. The van der Waals surface area contributed by atoms with E-state index in [-0.39, 0.29) is 35.6 Å². The molecule has 0 saturated carbocycles. The zero-order valence-corrected chi connectivity index (χ0v) is 18.4. The van der Waals surface area contributed by atoms with Crippen molar-refractivity contribution in [3.05, 3.63) is 67.0 Å². The van der Waals surface area contributed by atoms with Crippen LogP contribution in [0.25, 0.3) is 0 Å². The molecule has 1 aliphatic heterocycles. The Kier molecular flexibility index (Phi) is 6.37. The van der Waals surface area contributed by atoms with E-state index < -0.39 is 10.0 Å². The molecule has 1 aromatic heterocycles. The molecule has 4 rings (SSSR count). The number of carbonyl (C=O) groups is 2. The number of rotatable bonds is 7. The lowest BCUT2D eigenvalue weighted by atomic mass is 10.2. The van der Waals surface area contributed by atoms with Gasteiger partial charge in [0.25, 0.3) is 10.0 Å². The number of thioether (sulfide) groups is 1. The first kappa shape index (κ1) is 21.8. The summed E-state index contributed by atoms with van der Waals surface area (Å²) >= 11 is 1.49. The molecule has 0 radical (unpaired) electrons. The van der Waals surface area contributed by atoms with Crippen molar-refractivity contribution < 1.29 is 18.0 Å². The van der Waals surface area contributed by atoms with E-state index in [0.29, 0.717) is 11.4 Å². The molecule has 2 heterocycles. The molecule has 2 amide bonds. The van der Waals surface area contributed by atoms with Crippen molar-refractivity contribution in [3.8, 4) is 0 Å². The van der Waals surface area contributed by atoms with Gasteiger partial charge in [-0.3, -0.25) is 9.59 Å². The molecule has 2 N–H and O–H groups in total. The number of hydrogen-bond acceptors (Lipinski definition) is 7. The summed E-state index contributed by atoms with van der Waals surface area (Å²) < 4.78 is 27.1. The lowest BCUT2D eigenvalue weighted by Gasteiger charge is -2.28. The van der Waals surface area contributed by atoms with Crippen molar-refractivity contribution >= 4 is 50.9 Å². The Labute approximate surface area is 189 Å². The molecule has 9 nitrogen and oxygen atoms in total. The Hall–Kier alpha value is -3.44. The molecule has 0 aliphatic carbocycles. The number of anilines is 3. The molecule has 0 unspecified atom stereocenters. The summed E-state index contributed by atoms with van der Waals surface area (Å²) in [5, 5.41) is 2.73. The highest BCUT2D eigenvalue weighted by atomic mass is 32.2. The van der Waals surface area contributed by atoms with E-state index in [9.17, 15) is 18.0 Å². The third-order valence-electron chi connectivity index (χ3n) is 4.61. The van der Waals surface area contributed by atoms with Crippen molar-refractivity contribution in [2.24, 2.45) is 0 Å². The van der Waals surface area contributed by atoms with E-state index in [4.69, 9.17) is 0 Å². The molecular weight excluding hydrogens is 450 g/mol. The minimum Gasteiger partial charge on any atom is -0.326 e. The van der Waals surface area contributed by atoms with Gasteiger partial charge in [-0.05, 0) is 42.5 Å². The Bertz CT molecular complexity index is 1230. The van der Waals surface area contributed by atoms with Gasteiger partial charge in [-0.15, -0.1) is 11.8 Å². The number of benzene rings is 2. The van der Waals surface area contributed by atoms with Crippen molar-refractivity contribution in [1.82, 2.24) is 9.97 Å². The maximum Gasteiger partial charge on any atom is 0.264 e. The molecule has 0 spiro atoms. The minimum atomic E-state index is -3.85. The average Bonchev–Trinajstić information content (AvgIpc) is 2.79. The Morgan fingerprint density at radius 2 is 1.75 bits per heavy atom. The summed E-state index contributed by atoms with van der Waals surface area (Å²) in [6.45, 7) is 0.260. The van der Waals surface area contributed by atoms with Crippen LogP contribution in [0.15, 0.2) is 76.8 Å². The number of aromatic nitrogens is 2. The maximum atomic E-state index is 12.4. The van der Waals surface area contributed by atoms with Crippen LogP contribution in [0.4, 0.5) is 17.3 Å². The summed E-state index contributed by atoms with van der Waals surface area (Å²) in [5.74, 6) is -0.000576. The molecule has 0 fully saturated rings. The fraction of sp³-hybridized carbons (Fsp3) is 0.143. The van der Waals surface area contributed by atoms with Crippen LogP contribution in [0.3, 0.4) is 0 Å². The van der Waals surface area contributed by atoms with E-state index in [1.807, 2.05) is 24.3 Å². The van der Waals surface area contributed by atoms with Gasteiger partial charge in [0.05, 0.1) is 16.3 Å². The fourth-order valence-corrected chi connectivity index (χ4v) is 4.98. The molecule has 2 aromatic carbocycles. The number of carbonyl (C=O) groups excluding carboxylic acids is 2. The third-order valence-corrected chi connectivity index (χ3v) is 7.00. The molecule has 164 valence electrons. The van der Waals surface area contributed by atoms with Gasteiger partial charge in [-0.25, -0.2) is 23.1 Å². The van der Waals surface area contributed by atoms with Crippen molar-refractivity contribution in [3.63, 3.8) is 0 Å². The summed E-state index contributed by atoms with van der Waals surface area (Å²) in [7, 11) is -3.85. The van der Waals surface area contributed by atoms with Crippen LogP contribution < -0.4 is 14.9 Å². The standard InChI is InChI=1S/C21H19N5O4S2/c27-19(10-13-26-17-4-1-2-5-18(17)31-14-20(26)28)24-15-6-8-16(9-7-15)32(29,30)25-21-22-11-3-12-23-21/h1-9,11-12H,10,13-14H2,(H,24,27)(H,22,23,25). The highest BCUT2D eigenvalue weighted by Crippen LogP contribution is 2.34. The van der Waals surface area contributed by atoms with E-state index in [1.54, 1.807) is 11.0 Å². The lowest BCUT2D eigenvalue weighted by molar-refractivity contribution is -0.117. The summed E-state index contributed by atoms with van der Waals surface area (Å²) in [6.07, 6.45) is 2.97. The van der Waals surface area contributed by atoms with Gasteiger partial charge >= 0.3 is 0 Å². The van der Waals surface area contributed by atoms with Gasteiger partial charge in [-0.2, -0.15) is 0 Å². The largest absolute Gasteiger partial charge is 0.326 e. The van der Waals surface area contributed by atoms with Gasteiger partial charge in [0.1, 0.15) is 0 Å². The fourth-order valence-electron chi connectivity index (χ4n) is 3.08. The average molecular weight is 470 g/mol. The van der Waals surface area contributed by atoms with Crippen LogP contribution in [-0.2, 0) is 19.6 Å². The second-order valence-electron chi connectivity index (χ2n) is 6.80. The van der Waals surface area contributed by atoms with E-state index >= 15 is 0 Å². The maximum absolute atomic E-state index is 12.4. The number of fused-ring (bicyclic) bond motifs is 1. The van der Waals surface area contributed by atoms with Crippen LogP contribution in [0.2, 0.25) is 0 Å². The van der Waals surface area contributed by atoms with Crippen molar-refractivity contribution in [1.29, 1.82) is 0 Å². The zero-order valence-electron chi connectivity index (χ0n) is 16.8. The first-order valence-electron chi connectivity index (χ1n) is 9.64. The van der Waals surface area contributed by atoms with Gasteiger partial charge in [0, 0.05) is 35.9 Å². The van der Waals surface area contributed by atoms with Gasteiger partial charge in [0.15, 0.2) is 0 Å². The van der Waals surface area contributed by atoms with Gasteiger partial charge in [-0.1, -0.05) is 12.1 Å². The number of nitrogens with zero attached hydrogens (tertiary/aromatic N) is 3. The smallest absolute Gasteiger partial charge is 0.264 e. The monoisotopic (exact) mass is 469 g/mol. The zero-order chi connectivity index (χ0) is 22.6. The summed E-state index contributed by atoms with van der Waals surface area (Å²) in [4.78, 5) is 35.0.